The van der Waals surface area contributed by atoms with E-state index in [2.05, 4.69) is 10.2 Å². The van der Waals surface area contributed by atoms with Gasteiger partial charge in [-0.05, 0) is 31.0 Å². The van der Waals surface area contributed by atoms with Crippen molar-refractivity contribution >= 4 is 23.2 Å². The van der Waals surface area contributed by atoms with Crippen LogP contribution in [0.2, 0.25) is 5.02 Å². The van der Waals surface area contributed by atoms with Gasteiger partial charge in [0.15, 0.2) is 0 Å². The van der Waals surface area contributed by atoms with Gasteiger partial charge in [-0.1, -0.05) is 17.7 Å². The molecule has 0 spiro atoms. The number of piperidine rings is 1. The first-order valence-corrected chi connectivity index (χ1v) is 7.55. The third kappa shape index (κ3) is 5.63. The lowest BCUT2D eigenvalue weighted by atomic mass is 10.1. The second kappa shape index (κ2) is 8.34. The van der Waals surface area contributed by atoms with Crippen LogP contribution in [0, 0.1) is 0 Å². The Labute approximate surface area is 129 Å². The molecule has 1 aliphatic rings. The van der Waals surface area contributed by atoms with E-state index in [1.165, 1.54) is 0 Å². The van der Waals surface area contributed by atoms with Gasteiger partial charge in [0.2, 0.25) is 5.91 Å². The molecule has 1 saturated heterocycles. The SMILES string of the molecule is O=C(CN1CCC(OCCO)CC1)Nc1cccc(Cl)c1. The molecule has 1 aromatic carbocycles. The Morgan fingerprint density at radius 3 is 2.86 bits per heavy atom. The Hall–Kier alpha value is -1.14. The Bertz CT molecular complexity index is 462. The fourth-order valence-electron chi connectivity index (χ4n) is 2.42. The smallest absolute Gasteiger partial charge is 0.238 e. The third-order valence-corrected chi connectivity index (χ3v) is 3.69. The van der Waals surface area contributed by atoms with Crippen molar-refractivity contribution in [2.45, 2.75) is 18.9 Å². The second-order valence-electron chi connectivity index (χ2n) is 5.13. The van der Waals surface area contributed by atoms with Crippen LogP contribution in [-0.4, -0.2) is 54.9 Å². The van der Waals surface area contributed by atoms with Crippen molar-refractivity contribution in [3.8, 4) is 0 Å². The van der Waals surface area contributed by atoms with Gasteiger partial charge in [0.05, 0.1) is 25.9 Å². The molecule has 5 nitrogen and oxygen atoms in total. The number of benzene rings is 1. The Morgan fingerprint density at radius 2 is 2.19 bits per heavy atom. The van der Waals surface area contributed by atoms with Crippen LogP contribution >= 0.6 is 11.6 Å². The first kappa shape index (κ1) is 16.2. The van der Waals surface area contributed by atoms with Crippen LogP contribution in [0.3, 0.4) is 0 Å². The van der Waals surface area contributed by atoms with Gasteiger partial charge in [-0.25, -0.2) is 0 Å². The molecule has 0 aliphatic carbocycles. The number of anilines is 1. The van der Waals surface area contributed by atoms with Crippen molar-refractivity contribution in [1.29, 1.82) is 0 Å². The molecule has 0 unspecified atom stereocenters. The van der Waals surface area contributed by atoms with Crippen molar-refractivity contribution in [2.24, 2.45) is 0 Å². The van der Waals surface area contributed by atoms with Crippen LogP contribution in [-0.2, 0) is 9.53 Å². The van der Waals surface area contributed by atoms with Gasteiger partial charge in [0, 0.05) is 23.8 Å². The van der Waals surface area contributed by atoms with Gasteiger partial charge in [-0.2, -0.15) is 0 Å². The number of aliphatic hydroxyl groups excluding tert-OH is 1. The number of aliphatic hydroxyl groups is 1. The van der Waals surface area contributed by atoms with E-state index < -0.39 is 0 Å². The van der Waals surface area contributed by atoms with Crippen LogP contribution in [0.25, 0.3) is 0 Å². The van der Waals surface area contributed by atoms with Crippen LogP contribution in [0.1, 0.15) is 12.8 Å². The molecule has 0 atom stereocenters. The number of likely N-dealkylation sites (tertiary alicyclic amines) is 1. The number of carbonyl (C=O) groups excluding carboxylic acids is 1. The summed E-state index contributed by atoms with van der Waals surface area (Å²) in [5, 5.41) is 12.2. The minimum Gasteiger partial charge on any atom is -0.394 e. The van der Waals surface area contributed by atoms with Crippen molar-refractivity contribution in [3.05, 3.63) is 29.3 Å². The summed E-state index contributed by atoms with van der Waals surface area (Å²) >= 11 is 5.88. The Morgan fingerprint density at radius 1 is 1.43 bits per heavy atom. The highest BCUT2D eigenvalue weighted by atomic mass is 35.5. The largest absolute Gasteiger partial charge is 0.394 e. The van der Waals surface area contributed by atoms with E-state index in [1.54, 1.807) is 12.1 Å². The zero-order valence-corrected chi connectivity index (χ0v) is 12.7. The monoisotopic (exact) mass is 312 g/mol. The molecule has 1 amide bonds. The first-order valence-electron chi connectivity index (χ1n) is 7.17. The maximum Gasteiger partial charge on any atom is 0.238 e. The predicted octanol–water partition coefficient (Wildman–Crippen LogP) is 1.75. The molecule has 1 aliphatic heterocycles. The summed E-state index contributed by atoms with van der Waals surface area (Å²) in [5.41, 5.74) is 0.716. The number of carbonyl (C=O) groups is 1. The topological polar surface area (TPSA) is 61.8 Å². The summed E-state index contributed by atoms with van der Waals surface area (Å²) in [7, 11) is 0. The van der Waals surface area contributed by atoms with Crippen molar-refractivity contribution in [2.75, 3.05) is 38.2 Å². The average molecular weight is 313 g/mol. The fraction of sp³-hybridized carbons (Fsp3) is 0.533. The molecule has 1 aromatic rings. The molecule has 21 heavy (non-hydrogen) atoms. The molecule has 0 saturated carbocycles. The maximum absolute atomic E-state index is 12.0. The number of ether oxygens (including phenoxy) is 1. The van der Waals surface area contributed by atoms with E-state index in [-0.39, 0.29) is 18.6 Å². The van der Waals surface area contributed by atoms with Gasteiger partial charge in [-0.15, -0.1) is 0 Å². The number of nitrogens with one attached hydrogen (secondary N) is 1. The van der Waals surface area contributed by atoms with Crippen LogP contribution in [0.4, 0.5) is 5.69 Å². The first-order chi connectivity index (χ1) is 10.2. The normalized spacial score (nSPS) is 16.9. The summed E-state index contributed by atoms with van der Waals surface area (Å²) in [4.78, 5) is 14.1. The molecule has 6 heteroatoms. The average Bonchev–Trinajstić information content (AvgIpc) is 2.46. The Kier molecular flexibility index (Phi) is 6.45. The van der Waals surface area contributed by atoms with Gasteiger partial charge in [0.1, 0.15) is 0 Å². The molecule has 1 fully saturated rings. The standard InChI is InChI=1S/C15H21ClN2O3/c16-12-2-1-3-13(10-12)17-15(20)11-18-6-4-14(5-7-18)21-9-8-19/h1-3,10,14,19H,4-9,11H2,(H,17,20). The summed E-state index contributed by atoms with van der Waals surface area (Å²) in [6.07, 6.45) is 1.99. The van der Waals surface area contributed by atoms with Crippen LogP contribution < -0.4 is 5.32 Å². The minimum atomic E-state index is -0.0352. The Balaban J connectivity index is 1.72. The number of halogens is 1. The van der Waals surface area contributed by atoms with Gasteiger partial charge >= 0.3 is 0 Å². The number of rotatable bonds is 6. The molecule has 1 heterocycles. The molecule has 116 valence electrons. The van der Waals surface area contributed by atoms with E-state index in [4.69, 9.17) is 21.4 Å². The lowest BCUT2D eigenvalue weighted by Crippen LogP contribution is -2.41. The predicted molar refractivity (Wildman–Crippen MR) is 82.6 cm³/mol. The summed E-state index contributed by atoms with van der Waals surface area (Å²) < 4.78 is 5.50. The van der Waals surface area contributed by atoms with Crippen molar-refractivity contribution in [1.82, 2.24) is 4.90 Å². The van der Waals surface area contributed by atoms with Crippen molar-refractivity contribution < 1.29 is 14.6 Å². The highest BCUT2D eigenvalue weighted by Crippen LogP contribution is 2.16. The van der Waals surface area contributed by atoms with E-state index in [0.717, 1.165) is 25.9 Å². The van der Waals surface area contributed by atoms with Crippen molar-refractivity contribution in [3.63, 3.8) is 0 Å². The van der Waals surface area contributed by atoms with Gasteiger partial charge < -0.3 is 15.2 Å². The lowest BCUT2D eigenvalue weighted by Gasteiger charge is -2.31. The van der Waals surface area contributed by atoms with E-state index in [9.17, 15) is 4.79 Å². The van der Waals surface area contributed by atoms with Gasteiger partial charge in [-0.3, -0.25) is 9.69 Å². The molecule has 2 N–H and O–H groups in total. The number of nitrogens with zero attached hydrogens (tertiary/aromatic N) is 1. The number of hydrogen-bond donors (Lipinski definition) is 2. The number of amides is 1. The van der Waals surface area contributed by atoms with Crippen LogP contribution in [0.15, 0.2) is 24.3 Å². The van der Waals surface area contributed by atoms with Gasteiger partial charge in [0.25, 0.3) is 0 Å². The summed E-state index contributed by atoms with van der Waals surface area (Å²) in [6.45, 7) is 2.49. The van der Waals surface area contributed by atoms with E-state index >= 15 is 0 Å². The zero-order chi connectivity index (χ0) is 15.1. The molecular weight excluding hydrogens is 292 g/mol. The van der Waals surface area contributed by atoms with Crippen LogP contribution in [0.5, 0.6) is 0 Å². The third-order valence-electron chi connectivity index (χ3n) is 3.46. The number of hydrogen-bond acceptors (Lipinski definition) is 4. The van der Waals surface area contributed by atoms with E-state index in [0.29, 0.717) is 23.9 Å². The molecule has 0 aromatic heterocycles. The zero-order valence-electron chi connectivity index (χ0n) is 11.9. The highest BCUT2D eigenvalue weighted by molar-refractivity contribution is 6.30. The molecule has 0 bridgehead atoms. The fourth-order valence-corrected chi connectivity index (χ4v) is 2.61. The second-order valence-corrected chi connectivity index (χ2v) is 5.56. The molecule has 2 rings (SSSR count). The van der Waals surface area contributed by atoms with E-state index in [1.807, 2.05) is 12.1 Å². The quantitative estimate of drug-likeness (QED) is 0.840. The maximum atomic E-state index is 12.0. The summed E-state index contributed by atoms with van der Waals surface area (Å²) in [6, 6.07) is 7.13. The molecule has 0 radical (unpaired) electrons. The lowest BCUT2D eigenvalue weighted by molar-refractivity contribution is -0.118. The minimum absolute atomic E-state index is 0.0352. The molecular formula is C15H21ClN2O3. The highest BCUT2D eigenvalue weighted by Gasteiger charge is 2.21. The summed E-state index contributed by atoms with van der Waals surface area (Å²) in [5.74, 6) is -0.0352.